The molecule has 262 valence electrons. The van der Waals surface area contributed by atoms with Crippen LogP contribution in [0.15, 0.2) is 88.8 Å². The van der Waals surface area contributed by atoms with E-state index in [2.05, 4.69) is 20.2 Å². The van der Waals surface area contributed by atoms with Crippen LogP contribution in [0.5, 0.6) is 5.75 Å². The lowest BCUT2D eigenvalue weighted by Gasteiger charge is -2.30. The van der Waals surface area contributed by atoms with Gasteiger partial charge in [0.2, 0.25) is 0 Å². The van der Waals surface area contributed by atoms with Crippen molar-refractivity contribution in [3.63, 3.8) is 0 Å². The summed E-state index contributed by atoms with van der Waals surface area (Å²) in [4.78, 5) is 39.5. The molecule has 8 rings (SSSR count). The Balaban J connectivity index is 1.09. The van der Waals surface area contributed by atoms with E-state index in [1.807, 2.05) is 36.0 Å². The zero-order valence-corrected chi connectivity index (χ0v) is 28.7. The normalized spacial score (nSPS) is 18.5. The number of hydrogen-bond donors (Lipinski definition) is 2. The molecule has 51 heavy (non-hydrogen) atoms. The lowest BCUT2D eigenvalue weighted by molar-refractivity contribution is 0.279. The summed E-state index contributed by atoms with van der Waals surface area (Å²) in [7, 11) is 0. The summed E-state index contributed by atoms with van der Waals surface area (Å²) in [5, 5.41) is 13.9. The van der Waals surface area contributed by atoms with Gasteiger partial charge in [-0.25, -0.2) is 28.1 Å². The molecule has 1 saturated carbocycles. The van der Waals surface area contributed by atoms with Gasteiger partial charge in [-0.2, -0.15) is 11.8 Å². The molecule has 0 unspecified atom stereocenters. The van der Waals surface area contributed by atoms with E-state index in [9.17, 15) is 23.5 Å². The van der Waals surface area contributed by atoms with Crippen LogP contribution in [0.1, 0.15) is 43.0 Å². The molecule has 0 bridgehead atoms. The summed E-state index contributed by atoms with van der Waals surface area (Å²) in [5.41, 5.74) is 3.73. The Labute approximate surface area is 296 Å². The number of pyridine rings is 2. The minimum Gasteiger partial charge on any atom is -0.508 e. The van der Waals surface area contributed by atoms with Crippen molar-refractivity contribution < 1.29 is 13.9 Å². The lowest BCUT2D eigenvalue weighted by atomic mass is 9.91. The van der Waals surface area contributed by atoms with Crippen molar-refractivity contribution in [1.82, 2.24) is 33.7 Å². The molecule has 0 atom stereocenters. The summed E-state index contributed by atoms with van der Waals surface area (Å²) in [6.45, 7) is 3.11. The van der Waals surface area contributed by atoms with Gasteiger partial charge in [0.25, 0.3) is 5.56 Å². The van der Waals surface area contributed by atoms with Gasteiger partial charge in [0.05, 0.1) is 23.0 Å². The Bertz CT molecular complexity index is 2360. The Morgan fingerprint density at radius 3 is 2.57 bits per heavy atom. The highest BCUT2D eigenvalue weighted by atomic mass is 32.2. The van der Waals surface area contributed by atoms with Crippen molar-refractivity contribution in [3.8, 4) is 22.6 Å². The maximum Gasteiger partial charge on any atom is 0.337 e. The van der Waals surface area contributed by atoms with Crippen LogP contribution in [-0.2, 0) is 13.1 Å². The number of nitrogens with one attached hydrogen (secondary N) is 1. The van der Waals surface area contributed by atoms with Crippen molar-refractivity contribution >= 4 is 28.4 Å². The van der Waals surface area contributed by atoms with Crippen LogP contribution in [0, 0.1) is 11.6 Å². The molecule has 6 aromatic rings. The maximum absolute atomic E-state index is 14.6. The number of phenolic OH excluding ortho intramolecular Hbond substituents is 1. The zero-order chi connectivity index (χ0) is 35.1. The van der Waals surface area contributed by atoms with E-state index in [4.69, 9.17) is 0 Å². The minimum absolute atomic E-state index is 0.0387. The largest absolute Gasteiger partial charge is 0.508 e. The van der Waals surface area contributed by atoms with Crippen LogP contribution < -0.4 is 16.6 Å². The average Bonchev–Trinajstić information content (AvgIpc) is 3.54. The Morgan fingerprint density at radius 1 is 0.922 bits per heavy atom. The number of aromatic hydroxyl groups is 1. The third-order valence-electron chi connectivity index (χ3n) is 9.99. The number of fused-ring (bicyclic) bond motifs is 2. The second-order valence-electron chi connectivity index (χ2n) is 13.3. The van der Waals surface area contributed by atoms with Crippen molar-refractivity contribution in [2.75, 3.05) is 24.6 Å². The number of phenols is 1. The van der Waals surface area contributed by atoms with Gasteiger partial charge in [-0.3, -0.25) is 14.3 Å². The highest BCUT2D eigenvalue weighted by Crippen LogP contribution is 2.31. The molecule has 1 aliphatic heterocycles. The third-order valence-corrected chi connectivity index (χ3v) is 10.9. The molecule has 5 heterocycles. The van der Waals surface area contributed by atoms with E-state index >= 15 is 0 Å². The van der Waals surface area contributed by atoms with Crippen molar-refractivity contribution in [1.29, 1.82) is 0 Å². The fraction of sp³-hybridized carbons (Fsp3) is 0.316. The summed E-state index contributed by atoms with van der Waals surface area (Å²) >= 11 is 1.94. The molecule has 2 fully saturated rings. The van der Waals surface area contributed by atoms with Crippen LogP contribution in [0.3, 0.4) is 0 Å². The van der Waals surface area contributed by atoms with Crippen LogP contribution in [0.2, 0.25) is 0 Å². The second-order valence-corrected chi connectivity index (χ2v) is 14.6. The molecule has 2 aromatic carbocycles. The number of nitrogens with zero attached hydrogens (tertiary/aromatic N) is 6. The predicted octanol–water partition coefficient (Wildman–Crippen LogP) is 5.67. The molecule has 0 spiro atoms. The number of rotatable bonds is 8. The molecular weight excluding hydrogens is 673 g/mol. The molecule has 0 radical (unpaired) electrons. The van der Waals surface area contributed by atoms with Gasteiger partial charge in [0.15, 0.2) is 5.65 Å². The van der Waals surface area contributed by atoms with Crippen molar-refractivity contribution in [2.24, 2.45) is 0 Å². The zero-order valence-electron chi connectivity index (χ0n) is 27.8. The van der Waals surface area contributed by atoms with Crippen LogP contribution in [0.4, 0.5) is 8.78 Å². The third kappa shape index (κ3) is 6.80. The van der Waals surface area contributed by atoms with Gasteiger partial charge in [-0.1, -0.05) is 18.2 Å². The monoisotopic (exact) mass is 709 g/mol. The SMILES string of the molecule is O=c1c2cc(F)cnc2n(-c2cccc(-c3ccc(O)cc3CN3CCSCC3)c2)c(=O)n1[C@H]1CC[C@@H](NCc2cn3cc(F)ccc3n2)CC1. The topological polar surface area (TPSA) is 110 Å². The van der Waals surface area contributed by atoms with E-state index in [0.29, 0.717) is 50.1 Å². The summed E-state index contributed by atoms with van der Waals surface area (Å²) in [6.07, 6.45) is 6.79. The van der Waals surface area contributed by atoms with E-state index in [-0.39, 0.29) is 34.7 Å². The van der Waals surface area contributed by atoms with E-state index in [0.717, 1.165) is 59.2 Å². The average molecular weight is 710 g/mol. The quantitative estimate of drug-likeness (QED) is 0.208. The smallest absolute Gasteiger partial charge is 0.337 e. The first-order valence-corrected chi connectivity index (χ1v) is 18.4. The molecule has 13 heteroatoms. The van der Waals surface area contributed by atoms with Crippen molar-refractivity contribution in [2.45, 2.75) is 50.9 Å². The fourth-order valence-electron chi connectivity index (χ4n) is 7.43. The Kier molecular flexibility index (Phi) is 9.17. The van der Waals surface area contributed by atoms with Gasteiger partial charge in [-0.05, 0) is 84.8 Å². The highest BCUT2D eigenvalue weighted by Gasteiger charge is 2.27. The van der Waals surface area contributed by atoms with Crippen LogP contribution in [0.25, 0.3) is 33.5 Å². The van der Waals surface area contributed by atoms with Gasteiger partial charge < -0.3 is 14.8 Å². The predicted molar refractivity (Wildman–Crippen MR) is 195 cm³/mol. The van der Waals surface area contributed by atoms with Gasteiger partial charge in [0.1, 0.15) is 23.0 Å². The summed E-state index contributed by atoms with van der Waals surface area (Å²) in [6, 6.07) is 16.8. The highest BCUT2D eigenvalue weighted by molar-refractivity contribution is 7.99. The number of thioether (sulfide) groups is 1. The minimum atomic E-state index is -0.655. The molecule has 10 nitrogen and oxygen atoms in total. The molecule has 1 aliphatic carbocycles. The molecule has 2 N–H and O–H groups in total. The molecule has 2 aliphatic rings. The van der Waals surface area contributed by atoms with Crippen LogP contribution >= 0.6 is 11.8 Å². The first-order valence-electron chi connectivity index (χ1n) is 17.2. The van der Waals surface area contributed by atoms with E-state index in [1.165, 1.54) is 21.4 Å². The Morgan fingerprint density at radius 2 is 1.75 bits per heavy atom. The number of hydrogen-bond acceptors (Lipinski definition) is 8. The van der Waals surface area contributed by atoms with Gasteiger partial charge in [-0.15, -0.1) is 0 Å². The molecule has 4 aromatic heterocycles. The molecule has 0 amide bonds. The standard InChI is InChI=1S/C38H37F2N7O3S/c39-26-4-11-35-43-29(23-45(35)22-26)20-41-28-5-7-30(8-6-28)47-37(49)34-18-27(40)19-42-36(34)46(38(47)50)31-3-1-2-24(16-31)33-10-9-32(48)17-25(33)21-44-12-14-51-15-13-44/h1-4,9-11,16-19,22-23,28,30,41,48H,5-8,12-15,20-21H2/t28-,30+. The fourth-order valence-corrected chi connectivity index (χ4v) is 8.41. The van der Waals surface area contributed by atoms with Crippen LogP contribution in [-0.4, -0.2) is 64.1 Å². The lowest BCUT2D eigenvalue weighted by Crippen LogP contribution is -2.44. The van der Waals surface area contributed by atoms with E-state index < -0.39 is 17.1 Å². The van der Waals surface area contributed by atoms with Crippen molar-refractivity contribution in [3.05, 3.63) is 123 Å². The number of aromatic nitrogens is 5. The second kappa shape index (κ2) is 14.0. The summed E-state index contributed by atoms with van der Waals surface area (Å²) in [5.74, 6) is 1.33. The van der Waals surface area contributed by atoms with E-state index in [1.54, 1.807) is 34.9 Å². The summed E-state index contributed by atoms with van der Waals surface area (Å²) < 4.78 is 32.6. The Hall–Kier alpha value is -4.85. The number of imidazole rings is 1. The number of halogens is 2. The number of benzene rings is 2. The molecule has 1 saturated heterocycles. The van der Waals surface area contributed by atoms with Gasteiger partial charge in [0, 0.05) is 62.2 Å². The first-order chi connectivity index (χ1) is 24.8. The molecular formula is C38H37F2N7O3S. The first kappa shape index (κ1) is 33.3. The van der Waals surface area contributed by atoms with Gasteiger partial charge >= 0.3 is 5.69 Å². The maximum atomic E-state index is 14.6.